The second-order valence-corrected chi connectivity index (χ2v) is 3.99. The number of halogens is 1. The first-order valence-electron chi connectivity index (χ1n) is 4.50. The second kappa shape index (κ2) is 6.00. The summed E-state index contributed by atoms with van der Waals surface area (Å²) in [6, 6.07) is 7.60. The summed E-state index contributed by atoms with van der Waals surface area (Å²) >= 11 is 3.35. The van der Waals surface area contributed by atoms with Crippen molar-refractivity contribution in [3.63, 3.8) is 0 Å². The number of hydrogen-bond donors (Lipinski definition) is 0. The van der Waals surface area contributed by atoms with E-state index in [0.717, 1.165) is 10.0 Å². The highest BCUT2D eigenvalue weighted by Gasteiger charge is 2.16. The van der Waals surface area contributed by atoms with Gasteiger partial charge in [-0.15, -0.1) is 0 Å². The topological polar surface area (TPSA) is 35.5 Å². The van der Waals surface area contributed by atoms with Gasteiger partial charge in [0.2, 0.25) is 6.29 Å². The maximum Gasteiger partial charge on any atom is 0.217 e. The van der Waals surface area contributed by atoms with Gasteiger partial charge in [-0.3, -0.25) is 4.79 Å². The summed E-state index contributed by atoms with van der Waals surface area (Å²) in [6.45, 7) is 0. The quantitative estimate of drug-likeness (QED) is 0.771. The van der Waals surface area contributed by atoms with Crippen LogP contribution in [-0.4, -0.2) is 26.3 Å². The van der Waals surface area contributed by atoms with Gasteiger partial charge < -0.3 is 9.47 Å². The van der Waals surface area contributed by atoms with Crippen molar-refractivity contribution < 1.29 is 14.3 Å². The van der Waals surface area contributed by atoms with Crippen molar-refractivity contribution in [3.8, 4) is 0 Å². The van der Waals surface area contributed by atoms with Crippen molar-refractivity contribution in [1.82, 2.24) is 0 Å². The van der Waals surface area contributed by atoms with Gasteiger partial charge >= 0.3 is 0 Å². The molecule has 0 radical (unpaired) electrons. The van der Waals surface area contributed by atoms with Crippen LogP contribution in [0, 0.1) is 0 Å². The van der Waals surface area contributed by atoms with E-state index in [1.54, 1.807) is 0 Å². The molecular formula is C11H13BrO3. The van der Waals surface area contributed by atoms with E-state index >= 15 is 0 Å². The Morgan fingerprint density at radius 1 is 1.40 bits per heavy atom. The molecule has 0 saturated carbocycles. The second-order valence-electron chi connectivity index (χ2n) is 3.08. The highest BCUT2D eigenvalue weighted by molar-refractivity contribution is 9.10. The summed E-state index contributed by atoms with van der Waals surface area (Å²) < 4.78 is 10.7. The number of benzene rings is 1. The van der Waals surface area contributed by atoms with E-state index in [9.17, 15) is 4.79 Å². The van der Waals surface area contributed by atoms with E-state index in [2.05, 4.69) is 15.9 Å². The summed E-state index contributed by atoms with van der Waals surface area (Å²) in [5.41, 5.74) is 0.938. The molecule has 0 atom stereocenters. The van der Waals surface area contributed by atoms with Crippen LogP contribution < -0.4 is 0 Å². The number of Topliss-reactive ketones (excluding diaryl/α,β-unsaturated/α-hetero) is 1. The molecule has 0 amide bonds. The van der Waals surface area contributed by atoms with E-state index in [4.69, 9.17) is 9.47 Å². The Morgan fingerprint density at radius 3 is 2.60 bits per heavy atom. The van der Waals surface area contributed by atoms with Gasteiger partial charge in [0.25, 0.3) is 0 Å². The Kier molecular flexibility index (Phi) is 4.94. The molecule has 15 heavy (non-hydrogen) atoms. The van der Waals surface area contributed by atoms with Gasteiger partial charge in [-0.1, -0.05) is 28.1 Å². The van der Waals surface area contributed by atoms with Crippen LogP contribution in [0.2, 0.25) is 0 Å². The Labute approximate surface area is 97.5 Å². The molecule has 0 aromatic heterocycles. The minimum Gasteiger partial charge on any atom is -0.349 e. The van der Waals surface area contributed by atoms with Gasteiger partial charge in [0.05, 0.1) is 0 Å². The zero-order chi connectivity index (χ0) is 11.3. The Balaban J connectivity index is 2.65. The lowest BCUT2D eigenvalue weighted by Crippen LogP contribution is -2.26. The first-order valence-corrected chi connectivity index (χ1v) is 5.29. The van der Waals surface area contributed by atoms with E-state index in [-0.39, 0.29) is 5.78 Å². The van der Waals surface area contributed by atoms with Crippen molar-refractivity contribution in [1.29, 1.82) is 0 Å². The van der Waals surface area contributed by atoms with Crippen molar-refractivity contribution in [2.45, 2.75) is 12.7 Å². The SMILES string of the molecule is COC(OC)C(=O)Cc1cccc(Br)c1. The van der Waals surface area contributed by atoms with E-state index in [1.807, 2.05) is 24.3 Å². The van der Waals surface area contributed by atoms with Crippen LogP contribution >= 0.6 is 15.9 Å². The molecule has 0 aliphatic heterocycles. The first-order chi connectivity index (χ1) is 7.17. The molecule has 0 unspecified atom stereocenters. The van der Waals surface area contributed by atoms with Crippen LogP contribution in [0.15, 0.2) is 28.7 Å². The largest absolute Gasteiger partial charge is 0.349 e. The maximum atomic E-state index is 11.6. The molecule has 0 aliphatic rings. The first kappa shape index (κ1) is 12.4. The number of carbonyl (C=O) groups is 1. The highest BCUT2D eigenvalue weighted by Crippen LogP contribution is 2.13. The predicted octanol–water partition coefficient (Wildman–Crippen LogP) is 2.18. The molecule has 0 fully saturated rings. The number of carbonyl (C=O) groups excluding carboxylic acids is 1. The summed E-state index contributed by atoms with van der Waals surface area (Å²) in [7, 11) is 2.90. The van der Waals surface area contributed by atoms with Crippen LogP contribution in [0.25, 0.3) is 0 Å². The molecular weight excluding hydrogens is 260 g/mol. The van der Waals surface area contributed by atoms with Crippen molar-refractivity contribution in [3.05, 3.63) is 34.3 Å². The fraction of sp³-hybridized carbons (Fsp3) is 0.364. The van der Waals surface area contributed by atoms with E-state index < -0.39 is 6.29 Å². The smallest absolute Gasteiger partial charge is 0.217 e. The van der Waals surface area contributed by atoms with Crippen LogP contribution in [0.3, 0.4) is 0 Å². The van der Waals surface area contributed by atoms with Gasteiger partial charge in [0.15, 0.2) is 5.78 Å². The molecule has 1 rings (SSSR count). The van der Waals surface area contributed by atoms with Crippen LogP contribution in [0.1, 0.15) is 5.56 Å². The number of ketones is 1. The summed E-state index contributed by atoms with van der Waals surface area (Å²) in [5.74, 6) is -0.0851. The van der Waals surface area contributed by atoms with E-state index in [1.165, 1.54) is 14.2 Å². The third kappa shape index (κ3) is 3.74. The standard InChI is InChI=1S/C11H13BrO3/c1-14-11(15-2)10(13)7-8-4-3-5-9(12)6-8/h3-6,11H,7H2,1-2H3. The monoisotopic (exact) mass is 272 g/mol. The van der Waals surface area contributed by atoms with Gasteiger partial charge in [-0.25, -0.2) is 0 Å². The molecule has 1 aromatic rings. The number of hydrogen-bond acceptors (Lipinski definition) is 3. The zero-order valence-corrected chi connectivity index (χ0v) is 10.3. The fourth-order valence-electron chi connectivity index (χ4n) is 1.29. The van der Waals surface area contributed by atoms with Gasteiger partial charge in [0.1, 0.15) is 0 Å². The Morgan fingerprint density at radius 2 is 2.07 bits per heavy atom. The molecule has 0 heterocycles. The van der Waals surface area contributed by atoms with Crippen LogP contribution in [0.4, 0.5) is 0 Å². The summed E-state index contributed by atoms with van der Waals surface area (Å²) in [4.78, 5) is 11.6. The lowest BCUT2D eigenvalue weighted by Gasteiger charge is -2.11. The third-order valence-corrected chi connectivity index (χ3v) is 2.45. The molecule has 0 saturated heterocycles. The molecule has 1 aromatic carbocycles. The molecule has 0 aliphatic carbocycles. The third-order valence-electron chi connectivity index (χ3n) is 1.96. The number of methoxy groups -OCH3 is 2. The van der Waals surface area contributed by atoms with Crippen molar-refractivity contribution >= 4 is 21.7 Å². The summed E-state index contributed by atoms with van der Waals surface area (Å²) in [6.07, 6.45) is -0.463. The predicted molar refractivity (Wildman–Crippen MR) is 60.7 cm³/mol. The molecule has 3 nitrogen and oxygen atoms in total. The lowest BCUT2D eigenvalue weighted by molar-refractivity contribution is -0.155. The summed E-state index contributed by atoms with van der Waals surface area (Å²) in [5, 5.41) is 0. The number of rotatable bonds is 5. The molecule has 0 N–H and O–H groups in total. The lowest BCUT2D eigenvalue weighted by atomic mass is 10.1. The Hall–Kier alpha value is -0.710. The Bertz CT molecular complexity index is 334. The molecule has 0 bridgehead atoms. The van der Waals surface area contributed by atoms with Gasteiger partial charge in [-0.05, 0) is 17.7 Å². The van der Waals surface area contributed by atoms with Gasteiger partial charge in [-0.2, -0.15) is 0 Å². The average Bonchev–Trinajstić information content (AvgIpc) is 2.19. The molecule has 0 spiro atoms. The highest BCUT2D eigenvalue weighted by atomic mass is 79.9. The maximum absolute atomic E-state index is 11.6. The number of ether oxygens (including phenoxy) is 2. The normalized spacial score (nSPS) is 10.7. The van der Waals surface area contributed by atoms with Gasteiger partial charge in [0, 0.05) is 25.1 Å². The van der Waals surface area contributed by atoms with Crippen LogP contribution in [-0.2, 0) is 20.7 Å². The van der Waals surface area contributed by atoms with Crippen molar-refractivity contribution in [2.75, 3.05) is 14.2 Å². The fourth-order valence-corrected chi connectivity index (χ4v) is 1.74. The zero-order valence-electron chi connectivity index (χ0n) is 8.70. The minimum atomic E-state index is -0.774. The van der Waals surface area contributed by atoms with Crippen LogP contribution in [0.5, 0.6) is 0 Å². The molecule has 82 valence electrons. The molecule has 4 heteroatoms. The van der Waals surface area contributed by atoms with Crippen molar-refractivity contribution in [2.24, 2.45) is 0 Å². The van der Waals surface area contributed by atoms with E-state index in [0.29, 0.717) is 6.42 Å². The minimum absolute atomic E-state index is 0.0851. The average molecular weight is 273 g/mol.